The number of esters is 1. The Morgan fingerprint density at radius 1 is 1.14 bits per heavy atom. The molecular weight excluding hydrogens is 356 g/mol. The summed E-state index contributed by atoms with van der Waals surface area (Å²) in [6, 6.07) is 0. The maximum absolute atomic E-state index is 12.9. The molecule has 0 saturated heterocycles. The molecule has 3 saturated carbocycles. The molecule has 0 aromatic heterocycles. The Morgan fingerprint density at radius 3 is 2.57 bits per heavy atom. The van der Waals surface area contributed by atoms with Crippen LogP contribution in [0.4, 0.5) is 0 Å². The molecule has 0 spiro atoms. The SMILES string of the molecule is CC(=O)OCC(=O)[C@@]1(O)CCC2C3CC=C4CC(O)CCC4(C)C3CCC21C. The fourth-order valence-electron chi connectivity index (χ4n) is 7.40. The maximum atomic E-state index is 12.9. The van der Waals surface area contributed by atoms with Gasteiger partial charge >= 0.3 is 5.97 Å². The summed E-state index contributed by atoms with van der Waals surface area (Å²) in [4.78, 5) is 24.0. The molecular formula is C23H34O5. The van der Waals surface area contributed by atoms with Crippen LogP contribution in [0.5, 0.6) is 0 Å². The van der Waals surface area contributed by atoms with Crippen molar-refractivity contribution in [2.75, 3.05) is 6.61 Å². The van der Waals surface area contributed by atoms with Crippen LogP contribution in [0, 0.1) is 28.6 Å². The van der Waals surface area contributed by atoms with E-state index in [0.29, 0.717) is 24.2 Å². The molecule has 28 heavy (non-hydrogen) atoms. The van der Waals surface area contributed by atoms with E-state index in [2.05, 4.69) is 19.9 Å². The molecule has 7 atom stereocenters. The van der Waals surface area contributed by atoms with Crippen molar-refractivity contribution in [2.24, 2.45) is 28.6 Å². The second-order valence-electron chi connectivity index (χ2n) is 10.2. The number of hydrogen-bond donors (Lipinski definition) is 2. The minimum Gasteiger partial charge on any atom is -0.458 e. The van der Waals surface area contributed by atoms with Crippen molar-refractivity contribution in [1.82, 2.24) is 0 Å². The molecule has 5 nitrogen and oxygen atoms in total. The maximum Gasteiger partial charge on any atom is 0.303 e. The normalized spacial score (nSPS) is 47.4. The molecule has 0 heterocycles. The van der Waals surface area contributed by atoms with Crippen LogP contribution in [0.3, 0.4) is 0 Å². The standard InChI is InChI=1S/C23H34O5/c1-14(24)28-13-20(26)23(27)11-8-19-17-5-4-15-12-16(25)6-9-21(15,2)18(17)7-10-22(19,23)3/h4,16-19,25,27H,5-13H2,1-3H3/t16?,17?,18?,19?,21?,22?,23-/m0/s1. The number of Topliss-reactive ketones (excluding diaryl/α,β-unsaturated/α-hetero) is 1. The van der Waals surface area contributed by atoms with Crippen LogP contribution in [0.2, 0.25) is 0 Å². The fraction of sp³-hybridized carbons (Fsp3) is 0.826. The third kappa shape index (κ3) is 2.72. The number of carbonyl (C=O) groups is 2. The van der Waals surface area contributed by atoms with Gasteiger partial charge in [0.15, 0.2) is 6.61 Å². The Labute approximate surface area is 167 Å². The number of fused-ring (bicyclic) bond motifs is 5. The van der Waals surface area contributed by atoms with Crippen molar-refractivity contribution in [1.29, 1.82) is 0 Å². The summed E-state index contributed by atoms with van der Waals surface area (Å²) in [5, 5.41) is 21.6. The second kappa shape index (κ2) is 6.66. The number of aliphatic hydroxyl groups is 2. The molecule has 0 radical (unpaired) electrons. The molecule has 4 aliphatic carbocycles. The third-order valence-corrected chi connectivity index (χ3v) is 9.10. The smallest absolute Gasteiger partial charge is 0.303 e. The van der Waals surface area contributed by atoms with Crippen LogP contribution in [0.1, 0.15) is 72.1 Å². The first-order valence-electron chi connectivity index (χ1n) is 10.9. The van der Waals surface area contributed by atoms with Gasteiger partial charge in [-0.3, -0.25) is 9.59 Å². The summed E-state index contributed by atoms with van der Waals surface area (Å²) in [5.74, 6) is 0.504. The van der Waals surface area contributed by atoms with Gasteiger partial charge in [-0.1, -0.05) is 25.5 Å². The van der Waals surface area contributed by atoms with E-state index in [4.69, 9.17) is 4.74 Å². The molecule has 4 aliphatic rings. The Hall–Kier alpha value is -1.20. The van der Waals surface area contributed by atoms with Gasteiger partial charge in [-0.2, -0.15) is 0 Å². The van der Waals surface area contributed by atoms with Crippen LogP contribution in [0.15, 0.2) is 11.6 Å². The molecule has 4 rings (SSSR count). The highest BCUT2D eigenvalue weighted by molar-refractivity contribution is 5.90. The molecule has 6 unspecified atom stereocenters. The van der Waals surface area contributed by atoms with Gasteiger partial charge in [0.2, 0.25) is 5.78 Å². The van der Waals surface area contributed by atoms with E-state index in [1.807, 2.05) is 0 Å². The minimum atomic E-state index is -1.40. The summed E-state index contributed by atoms with van der Waals surface area (Å²) in [6.45, 7) is 5.41. The number of carbonyl (C=O) groups excluding carboxylic acids is 2. The largest absolute Gasteiger partial charge is 0.458 e. The van der Waals surface area contributed by atoms with Gasteiger partial charge in [-0.05, 0) is 74.5 Å². The lowest BCUT2D eigenvalue weighted by molar-refractivity contribution is -0.168. The van der Waals surface area contributed by atoms with Crippen LogP contribution >= 0.6 is 0 Å². The van der Waals surface area contributed by atoms with Crippen molar-refractivity contribution in [2.45, 2.75) is 83.8 Å². The molecule has 0 aliphatic heterocycles. The van der Waals surface area contributed by atoms with Gasteiger partial charge in [-0.25, -0.2) is 0 Å². The summed E-state index contributed by atoms with van der Waals surface area (Å²) in [6.07, 6.45) is 8.96. The lowest BCUT2D eigenvalue weighted by atomic mass is 9.46. The van der Waals surface area contributed by atoms with Crippen molar-refractivity contribution in [3.05, 3.63) is 11.6 Å². The zero-order valence-electron chi connectivity index (χ0n) is 17.4. The van der Waals surface area contributed by atoms with Crippen LogP contribution in [-0.2, 0) is 14.3 Å². The Morgan fingerprint density at radius 2 is 1.86 bits per heavy atom. The zero-order chi connectivity index (χ0) is 20.3. The van der Waals surface area contributed by atoms with Gasteiger partial charge in [0.05, 0.1) is 6.10 Å². The van der Waals surface area contributed by atoms with Crippen LogP contribution < -0.4 is 0 Å². The monoisotopic (exact) mass is 390 g/mol. The number of ether oxygens (including phenoxy) is 1. The van der Waals surface area contributed by atoms with E-state index < -0.39 is 17.0 Å². The highest BCUT2D eigenvalue weighted by Crippen LogP contribution is 2.67. The van der Waals surface area contributed by atoms with Crippen LogP contribution in [-0.4, -0.2) is 40.3 Å². The second-order valence-corrected chi connectivity index (χ2v) is 10.2. The topological polar surface area (TPSA) is 83.8 Å². The molecule has 0 bridgehead atoms. The van der Waals surface area contributed by atoms with Gasteiger partial charge in [0.25, 0.3) is 0 Å². The van der Waals surface area contributed by atoms with E-state index in [1.54, 1.807) is 0 Å². The lowest BCUT2D eigenvalue weighted by Crippen LogP contribution is -2.58. The molecule has 0 aromatic carbocycles. The van der Waals surface area contributed by atoms with Crippen molar-refractivity contribution >= 4 is 11.8 Å². The summed E-state index contributed by atoms with van der Waals surface area (Å²) in [7, 11) is 0. The van der Waals surface area contributed by atoms with Crippen LogP contribution in [0.25, 0.3) is 0 Å². The molecule has 3 fully saturated rings. The van der Waals surface area contributed by atoms with E-state index in [1.165, 1.54) is 12.5 Å². The molecule has 0 aromatic rings. The quantitative estimate of drug-likeness (QED) is 0.571. The molecule has 2 N–H and O–H groups in total. The first kappa shape index (κ1) is 20.1. The van der Waals surface area contributed by atoms with E-state index in [9.17, 15) is 19.8 Å². The number of rotatable bonds is 3. The average Bonchev–Trinajstić information content (AvgIpc) is 2.92. The number of hydrogen-bond acceptors (Lipinski definition) is 5. The summed E-state index contributed by atoms with van der Waals surface area (Å²) in [5.41, 5.74) is -0.283. The van der Waals surface area contributed by atoms with Gasteiger partial charge < -0.3 is 14.9 Å². The first-order chi connectivity index (χ1) is 13.1. The van der Waals surface area contributed by atoms with Gasteiger partial charge in [-0.15, -0.1) is 0 Å². The van der Waals surface area contributed by atoms with Crippen molar-refractivity contribution in [3.8, 4) is 0 Å². The fourth-order valence-corrected chi connectivity index (χ4v) is 7.40. The van der Waals surface area contributed by atoms with Crippen molar-refractivity contribution < 1.29 is 24.5 Å². The summed E-state index contributed by atoms with van der Waals surface area (Å²) < 4.78 is 4.93. The Kier molecular flexibility index (Phi) is 4.78. The van der Waals surface area contributed by atoms with Gasteiger partial charge in [0.1, 0.15) is 5.60 Å². The third-order valence-electron chi connectivity index (χ3n) is 9.10. The zero-order valence-corrected chi connectivity index (χ0v) is 17.4. The Bertz CT molecular complexity index is 714. The molecule has 5 heteroatoms. The molecule has 156 valence electrons. The summed E-state index contributed by atoms with van der Waals surface area (Å²) >= 11 is 0. The van der Waals surface area contributed by atoms with E-state index in [0.717, 1.165) is 44.9 Å². The molecule has 0 amide bonds. The number of allylic oxidation sites excluding steroid dienone is 1. The predicted molar refractivity (Wildman–Crippen MR) is 104 cm³/mol. The highest BCUT2D eigenvalue weighted by atomic mass is 16.5. The Balaban J connectivity index is 1.60. The predicted octanol–water partition coefficient (Wildman–Crippen LogP) is 3.17. The van der Waals surface area contributed by atoms with E-state index >= 15 is 0 Å². The minimum absolute atomic E-state index is 0.145. The lowest BCUT2D eigenvalue weighted by Gasteiger charge is -2.58. The van der Waals surface area contributed by atoms with Crippen molar-refractivity contribution in [3.63, 3.8) is 0 Å². The first-order valence-corrected chi connectivity index (χ1v) is 10.9. The number of aliphatic hydroxyl groups excluding tert-OH is 1. The average molecular weight is 391 g/mol. The number of ketones is 1. The van der Waals surface area contributed by atoms with Gasteiger partial charge in [0, 0.05) is 12.3 Å². The van der Waals surface area contributed by atoms with E-state index in [-0.39, 0.29) is 23.9 Å². The highest BCUT2D eigenvalue weighted by Gasteiger charge is 2.66.